The summed E-state index contributed by atoms with van der Waals surface area (Å²) in [5.74, 6) is -0.159. The summed E-state index contributed by atoms with van der Waals surface area (Å²) in [5, 5.41) is 7.93. The zero-order valence-corrected chi connectivity index (χ0v) is 9.50. The molecule has 0 aliphatic carbocycles. The standard InChI is InChI=1S/C9H10N4OS/c1-5-4-6(2)13(11-5)9(14)8-7(3)10-12-15-8/h4H,1-3H3. The Labute approximate surface area is 90.9 Å². The monoisotopic (exact) mass is 222 g/mol. The second kappa shape index (κ2) is 3.54. The van der Waals surface area contributed by atoms with Gasteiger partial charge >= 0.3 is 0 Å². The summed E-state index contributed by atoms with van der Waals surface area (Å²) < 4.78 is 5.12. The Morgan fingerprint density at radius 2 is 2.13 bits per heavy atom. The Morgan fingerprint density at radius 3 is 2.60 bits per heavy atom. The van der Waals surface area contributed by atoms with Gasteiger partial charge in [0.1, 0.15) is 4.88 Å². The molecule has 0 radical (unpaired) electrons. The molecule has 78 valence electrons. The fourth-order valence-electron chi connectivity index (χ4n) is 1.36. The number of hydrogen-bond donors (Lipinski definition) is 0. The highest BCUT2D eigenvalue weighted by atomic mass is 32.1. The highest BCUT2D eigenvalue weighted by Gasteiger charge is 2.17. The van der Waals surface area contributed by atoms with E-state index in [1.165, 1.54) is 4.68 Å². The quantitative estimate of drug-likeness (QED) is 0.730. The van der Waals surface area contributed by atoms with Crippen LogP contribution in [0.25, 0.3) is 0 Å². The first kappa shape index (κ1) is 9.97. The maximum atomic E-state index is 12.0. The predicted octanol–water partition coefficient (Wildman–Crippen LogP) is 1.35. The molecule has 0 aliphatic heterocycles. The summed E-state index contributed by atoms with van der Waals surface area (Å²) >= 11 is 1.10. The molecule has 0 amide bonds. The van der Waals surface area contributed by atoms with Crippen LogP contribution in [0.3, 0.4) is 0 Å². The van der Waals surface area contributed by atoms with Crippen molar-refractivity contribution in [2.45, 2.75) is 20.8 Å². The molecule has 2 heterocycles. The minimum Gasteiger partial charge on any atom is -0.266 e. The minimum absolute atomic E-state index is 0.159. The van der Waals surface area contributed by atoms with Gasteiger partial charge in [-0.3, -0.25) is 4.79 Å². The first-order valence-electron chi connectivity index (χ1n) is 4.46. The summed E-state index contributed by atoms with van der Waals surface area (Å²) in [6.07, 6.45) is 0. The van der Waals surface area contributed by atoms with E-state index in [2.05, 4.69) is 14.7 Å². The molecular formula is C9H10N4OS. The van der Waals surface area contributed by atoms with Gasteiger partial charge in [-0.25, -0.2) is 0 Å². The van der Waals surface area contributed by atoms with Gasteiger partial charge in [0.05, 0.1) is 11.4 Å². The Kier molecular flexibility index (Phi) is 2.36. The Balaban J connectivity index is 2.45. The molecule has 0 bridgehead atoms. The summed E-state index contributed by atoms with van der Waals surface area (Å²) in [7, 11) is 0. The van der Waals surface area contributed by atoms with Gasteiger partial charge in [-0.15, -0.1) is 5.10 Å². The predicted molar refractivity (Wildman–Crippen MR) is 56.1 cm³/mol. The van der Waals surface area contributed by atoms with Gasteiger partial charge in [0, 0.05) is 5.69 Å². The molecular weight excluding hydrogens is 212 g/mol. The minimum atomic E-state index is -0.159. The topological polar surface area (TPSA) is 60.7 Å². The second-order valence-electron chi connectivity index (χ2n) is 3.33. The van der Waals surface area contributed by atoms with E-state index in [0.717, 1.165) is 22.9 Å². The SMILES string of the molecule is Cc1cc(C)n(C(=O)c2snnc2C)n1. The van der Waals surface area contributed by atoms with Crippen molar-refractivity contribution >= 4 is 17.4 Å². The molecule has 2 aromatic heterocycles. The van der Waals surface area contributed by atoms with Crippen LogP contribution in [0, 0.1) is 20.8 Å². The molecule has 0 aliphatic rings. The van der Waals surface area contributed by atoms with Crippen molar-refractivity contribution < 1.29 is 4.79 Å². The van der Waals surface area contributed by atoms with Crippen LogP contribution in [-0.2, 0) is 0 Å². The van der Waals surface area contributed by atoms with Gasteiger partial charge in [0.2, 0.25) is 0 Å². The maximum absolute atomic E-state index is 12.0. The van der Waals surface area contributed by atoms with E-state index >= 15 is 0 Å². The van der Waals surface area contributed by atoms with Gasteiger partial charge in [0.25, 0.3) is 5.91 Å². The van der Waals surface area contributed by atoms with Crippen molar-refractivity contribution in [3.05, 3.63) is 28.0 Å². The van der Waals surface area contributed by atoms with Crippen molar-refractivity contribution in [3.8, 4) is 0 Å². The molecule has 15 heavy (non-hydrogen) atoms. The maximum Gasteiger partial charge on any atom is 0.292 e. The van der Waals surface area contributed by atoms with Crippen molar-refractivity contribution in [3.63, 3.8) is 0 Å². The van der Waals surface area contributed by atoms with Gasteiger partial charge in [-0.05, 0) is 38.4 Å². The molecule has 0 saturated carbocycles. The van der Waals surface area contributed by atoms with Gasteiger partial charge in [-0.1, -0.05) is 4.49 Å². The van der Waals surface area contributed by atoms with Crippen molar-refractivity contribution in [1.29, 1.82) is 0 Å². The van der Waals surface area contributed by atoms with Gasteiger partial charge in [0.15, 0.2) is 0 Å². The summed E-state index contributed by atoms with van der Waals surface area (Å²) in [5.41, 5.74) is 2.30. The molecule has 6 heteroatoms. The number of rotatable bonds is 1. The molecule has 0 aromatic carbocycles. The van der Waals surface area contributed by atoms with Crippen molar-refractivity contribution in [2.75, 3.05) is 0 Å². The second-order valence-corrected chi connectivity index (χ2v) is 4.09. The lowest BCUT2D eigenvalue weighted by molar-refractivity contribution is 0.0945. The van der Waals surface area contributed by atoms with E-state index in [1.54, 1.807) is 6.92 Å². The van der Waals surface area contributed by atoms with Crippen molar-refractivity contribution in [1.82, 2.24) is 19.4 Å². The Bertz CT molecular complexity index is 514. The largest absolute Gasteiger partial charge is 0.292 e. The van der Waals surface area contributed by atoms with Crippen LogP contribution >= 0.6 is 11.5 Å². The fourth-order valence-corrected chi connectivity index (χ4v) is 1.94. The lowest BCUT2D eigenvalue weighted by Crippen LogP contribution is -2.14. The third-order valence-corrected chi connectivity index (χ3v) is 2.86. The molecule has 2 aromatic rings. The first-order chi connectivity index (χ1) is 7.09. The Hall–Kier alpha value is -1.56. The van der Waals surface area contributed by atoms with Crippen LogP contribution in [-0.4, -0.2) is 25.3 Å². The van der Waals surface area contributed by atoms with Crippen LogP contribution in [0.15, 0.2) is 6.07 Å². The lowest BCUT2D eigenvalue weighted by Gasteiger charge is -1.99. The highest BCUT2D eigenvalue weighted by molar-refractivity contribution is 7.08. The molecule has 2 rings (SSSR count). The van der Waals surface area contributed by atoms with E-state index in [-0.39, 0.29) is 5.91 Å². The number of aryl methyl sites for hydroxylation is 3. The third kappa shape index (κ3) is 1.68. The molecule has 0 spiro atoms. The number of nitrogens with zero attached hydrogens (tertiary/aromatic N) is 4. The number of carbonyl (C=O) groups excluding carboxylic acids is 1. The average molecular weight is 222 g/mol. The fraction of sp³-hybridized carbons (Fsp3) is 0.333. The molecule has 5 nitrogen and oxygen atoms in total. The van der Waals surface area contributed by atoms with Gasteiger partial charge < -0.3 is 0 Å². The molecule has 0 fully saturated rings. The van der Waals surface area contributed by atoms with Crippen molar-refractivity contribution in [2.24, 2.45) is 0 Å². The normalized spacial score (nSPS) is 10.6. The lowest BCUT2D eigenvalue weighted by atomic mass is 10.3. The van der Waals surface area contributed by atoms with Crippen LogP contribution < -0.4 is 0 Å². The summed E-state index contributed by atoms with van der Waals surface area (Å²) in [6.45, 7) is 5.47. The third-order valence-electron chi connectivity index (χ3n) is 2.05. The Morgan fingerprint density at radius 1 is 1.40 bits per heavy atom. The summed E-state index contributed by atoms with van der Waals surface area (Å²) in [4.78, 5) is 12.5. The summed E-state index contributed by atoms with van der Waals surface area (Å²) in [6, 6.07) is 1.86. The van der Waals surface area contributed by atoms with Crippen LogP contribution in [0.1, 0.15) is 26.8 Å². The van der Waals surface area contributed by atoms with Crippen LogP contribution in [0.5, 0.6) is 0 Å². The van der Waals surface area contributed by atoms with Crippen LogP contribution in [0.4, 0.5) is 0 Å². The zero-order valence-electron chi connectivity index (χ0n) is 8.68. The van der Waals surface area contributed by atoms with Gasteiger partial charge in [-0.2, -0.15) is 9.78 Å². The van der Waals surface area contributed by atoms with E-state index < -0.39 is 0 Å². The van der Waals surface area contributed by atoms with E-state index in [1.807, 2.05) is 19.9 Å². The zero-order chi connectivity index (χ0) is 11.0. The number of hydrogen-bond acceptors (Lipinski definition) is 5. The molecule has 0 unspecified atom stereocenters. The number of aromatic nitrogens is 4. The van der Waals surface area contributed by atoms with E-state index in [9.17, 15) is 4.79 Å². The van der Waals surface area contributed by atoms with E-state index in [0.29, 0.717) is 10.6 Å². The smallest absolute Gasteiger partial charge is 0.266 e. The number of carbonyl (C=O) groups is 1. The molecule has 0 saturated heterocycles. The molecule has 0 atom stereocenters. The van der Waals surface area contributed by atoms with E-state index in [4.69, 9.17) is 0 Å². The first-order valence-corrected chi connectivity index (χ1v) is 5.24. The molecule has 0 N–H and O–H groups in total. The average Bonchev–Trinajstić information content (AvgIpc) is 2.71. The highest BCUT2D eigenvalue weighted by Crippen LogP contribution is 2.13. The van der Waals surface area contributed by atoms with Crippen LogP contribution in [0.2, 0.25) is 0 Å².